The zero-order valence-electron chi connectivity index (χ0n) is 20.7. The summed E-state index contributed by atoms with van der Waals surface area (Å²) in [6.45, 7) is 9.54. The van der Waals surface area contributed by atoms with Gasteiger partial charge in [0.15, 0.2) is 0 Å². The molecule has 1 aromatic heterocycles. The van der Waals surface area contributed by atoms with Crippen LogP contribution in [0.4, 0.5) is 11.4 Å². The molecule has 0 radical (unpaired) electrons. The zero-order chi connectivity index (χ0) is 25.1. The Morgan fingerprint density at radius 1 is 1.25 bits per heavy atom. The lowest BCUT2D eigenvalue weighted by atomic mass is 10.0. The number of rotatable bonds is 7. The minimum atomic E-state index is -0.377. The number of carbonyl (C=O) groups excluding carboxylic acids is 1. The fraction of sp³-hybridized carbons (Fsp3) is 0.385. The number of fused-ring (bicyclic) bond motifs is 1. The second kappa shape index (κ2) is 9.98. The van der Waals surface area contributed by atoms with Gasteiger partial charge in [0.05, 0.1) is 23.3 Å². The summed E-state index contributed by atoms with van der Waals surface area (Å²) in [4.78, 5) is 26.3. The van der Waals surface area contributed by atoms with Gasteiger partial charge in [-0.2, -0.15) is 0 Å². The number of piperazine rings is 1. The molecule has 4 heterocycles. The summed E-state index contributed by atoms with van der Waals surface area (Å²) >= 11 is 0. The SMILES string of the molecule is CC1(C)Cc2cc(NC(=O)/C(C=N)=C3\N=CC=CN3)c(N3CCN(CCn4ccnc4)CC3)cc2O1. The van der Waals surface area contributed by atoms with Crippen LogP contribution in [0, 0.1) is 5.41 Å². The molecular formula is C26H32N8O2. The Hall–Kier alpha value is -3.92. The maximum atomic E-state index is 13.2. The number of imidazole rings is 1. The molecule has 0 atom stereocenters. The lowest BCUT2D eigenvalue weighted by molar-refractivity contribution is -0.112. The number of nitrogens with one attached hydrogen (secondary N) is 3. The van der Waals surface area contributed by atoms with E-state index in [-0.39, 0.29) is 17.1 Å². The molecule has 1 amide bonds. The lowest BCUT2D eigenvalue weighted by Crippen LogP contribution is -2.47. The molecule has 5 rings (SSSR count). The van der Waals surface area contributed by atoms with Crippen LogP contribution in [0.5, 0.6) is 5.75 Å². The van der Waals surface area contributed by atoms with Crippen LogP contribution in [-0.4, -0.2) is 71.1 Å². The highest BCUT2D eigenvalue weighted by Crippen LogP contribution is 2.42. The molecule has 0 unspecified atom stereocenters. The van der Waals surface area contributed by atoms with Crippen LogP contribution < -0.4 is 20.3 Å². The van der Waals surface area contributed by atoms with Crippen molar-refractivity contribution in [3.05, 3.63) is 60.1 Å². The van der Waals surface area contributed by atoms with E-state index in [2.05, 4.69) is 54.9 Å². The van der Waals surface area contributed by atoms with Crippen molar-refractivity contribution in [2.45, 2.75) is 32.4 Å². The maximum Gasteiger partial charge on any atom is 0.261 e. The topological polar surface area (TPSA) is 111 Å². The van der Waals surface area contributed by atoms with Crippen LogP contribution in [0.25, 0.3) is 0 Å². The molecular weight excluding hydrogens is 456 g/mol. The fourth-order valence-corrected chi connectivity index (χ4v) is 4.79. The highest BCUT2D eigenvalue weighted by atomic mass is 16.5. The number of anilines is 2. The van der Waals surface area contributed by atoms with E-state index in [9.17, 15) is 4.79 Å². The summed E-state index contributed by atoms with van der Waals surface area (Å²) in [6.07, 6.45) is 12.5. The highest BCUT2D eigenvalue weighted by molar-refractivity contribution is 6.18. The molecule has 36 heavy (non-hydrogen) atoms. The van der Waals surface area contributed by atoms with Crippen molar-refractivity contribution in [1.82, 2.24) is 19.8 Å². The molecule has 1 fully saturated rings. The molecule has 10 heteroatoms. The van der Waals surface area contributed by atoms with Crippen LogP contribution >= 0.6 is 0 Å². The van der Waals surface area contributed by atoms with Crippen molar-refractivity contribution in [1.29, 1.82) is 5.41 Å². The molecule has 0 aliphatic carbocycles. The molecule has 0 bridgehead atoms. The summed E-state index contributed by atoms with van der Waals surface area (Å²) in [5.41, 5.74) is 2.61. The Labute approximate surface area is 210 Å². The summed E-state index contributed by atoms with van der Waals surface area (Å²) < 4.78 is 8.30. The second-order valence-corrected chi connectivity index (χ2v) is 9.79. The normalized spacial score (nSPS) is 19.9. The Morgan fingerprint density at radius 2 is 2.08 bits per heavy atom. The van der Waals surface area contributed by atoms with E-state index >= 15 is 0 Å². The van der Waals surface area contributed by atoms with Gasteiger partial charge in [-0.3, -0.25) is 9.69 Å². The third-order valence-corrected chi connectivity index (χ3v) is 6.63. The van der Waals surface area contributed by atoms with Crippen LogP contribution in [0.3, 0.4) is 0 Å². The average molecular weight is 489 g/mol. The maximum absolute atomic E-state index is 13.2. The summed E-state index contributed by atoms with van der Waals surface area (Å²) in [6, 6.07) is 4.07. The van der Waals surface area contributed by atoms with Gasteiger partial charge in [0.1, 0.15) is 17.2 Å². The Bertz CT molecular complexity index is 1220. The number of aliphatic imine (C=N–C) groups is 1. The molecule has 3 aliphatic heterocycles. The third kappa shape index (κ3) is 5.18. The third-order valence-electron chi connectivity index (χ3n) is 6.63. The van der Waals surface area contributed by atoms with E-state index in [0.717, 1.165) is 74.6 Å². The van der Waals surface area contributed by atoms with Crippen LogP contribution in [-0.2, 0) is 17.8 Å². The lowest BCUT2D eigenvalue weighted by Gasteiger charge is -2.37. The van der Waals surface area contributed by atoms with Gasteiger partial charge in [0.2, 0.25) is 0 Å². The number of carbonyl (C=O) groups is 1. The number of aromatic nitrogens is 2. The van der Waals surface area contributed by atoms with Gasteiger partial charge in [0, 0.05) is 88.3 Å². The van der Waals surface area contributed by atoms with Gasteiger partial charge in [0.25, 0.3) is 5.91 Å². The molecule has 3 aliphatic rings. The highest BCUT2D eigenvalue weighted by Gasteiger charge is 2.32. The summed E-state index contributed by atoms with van der Waals surface area (Å²) in [7, 11) is 0. The van der Waals surface area contributed by atoms with Gasteiger partial charge in [-0.1, -0.05) is 0 Å². The molecule has 188 valence electrons. The first kappa shape index (κ1) is 23.8. The number of hydrogen-bond donors (Lipinski definition) is 3. The smallest absolute Gasteiger partial charge is 0.261 e. The molecule has 10 nitrogen and oxygen atoms in total. The van der Waals surface area contributed by atoms with Gasteiger partial charge < -0.3 is 30.2 Å². The predicted molar refractivity (Wildman–Crippen MR) is 141 cm³/mol. The molecule has 1 aromatic carbocycles. The zero-order valence-corrected chi connectivity index (χ0v) is 20.7. The van der Waals surface area contributed by atoms with E-state index in [0.29, 0.717) is 5.82 Å². The number of benzene rings is 1. The van der Waals surface area contributed by atoms with Gasteiger partial charge in [-0.15, -0.1) is 0 Å². The van der Waals surface area contributed by atoms with E-state index in [1.54, 1.807) is 24.7 Å². The van der Waals surface area contributed by atoms with Crippen molar-refractivity contribution < 1.29 is 9.53 Å². The summed E-state index contributed by atoms with van der Waals surface area (Å²) in [5.74, 6) is 0.840. The van der Waals surface area contributed by atoms with Crippen molar-refractivity contribution in [3.8, 4) is 5.75 Å². The van der Waals surface area contributed by atoms with Crippen molar-refractivity contribution in [3.63, 3.8) is 0 Å². The van der Waals surface area contributed by atoms with Crippen LogP contribution in [0.1, 0.15) is 19.4 Å². The minimum absolute atomic E-state index is 0.169. The van der Waals surface area contributed by atoms with Gasteiger partial charge in [-0.25, -0.2) is 9.98 Å². The molecule has 2 aromatic rings. The van der Waals surface area contributed by atoms with Gasteiger partial charge in [-0.05, 0) is 26.0 Å². The first-order valence-corrected chi connectivity index (χ1v) is 12.2. The van der Waals surface area contributed by atoms with E-state index in [4.69, 9.17) is 10.1 Å². The second-order valence-electron chi connectivity index (χ2n) is 9.79. The number of allylic oxidation sites excluding steroid dienone is 1. The summed E-state index contributed by atoms with van der Waals surface area (Å²) in [5, 5.41) is 13.8. The standard InChI is InChI=1S/C26H32N8O2/c1-26(2)16-19-14-21(31-25(35)20(17-27)24-29-4-3-5-30-24)22(15-23(19)36-26)34-12-10-32(11-13-34)8-9-33-7-6-28-18-33/h3-7,14-15,17-18,27,29H,8-13,16H2,1-2H3,(H,31,35)/b24-20-,27-17?. The first-order chi connectivity index (χ1) is 17.4. The average Bonchev–Trinajstić information content (AvgIpc) is 3.49. The Balaban J connectivity index is 1.35. The number of hydrogen-bond acceptors (Lipinski definition) is 8. The number of nitrogens with zero attached hydrogens (tertiary/aromatic N) is 5. The molecule has 0 spiro atoms. The predicted octanol–water partition coefficient (Wildman–Crippen LogP) is 2.41. The first-order valence-electron chi connectivity index (χ1n) is 12.2. The Kier molecular flexibility index (Phi) is 6.60. The minimum Gasteiger partial charge on any atom is -0.487 e. The van der Waals surface area contributed by atoms with E-state index in [1.165, 1.54) is 0 Å². The monoisotopic (exact) mass is 488 g/mol. The van der Waals surface area contributed by atoms with Gasteiger partial charge >= 0.3 is 0 Å². The largest absolute Gasteiger partial charge is 0.487 e. The number of ether oxygens (including phenoxy) is 1. The quantitative estimate of drug-likeness (QED) is 0.408. The Morgan fingerprint density at radius 3 is 2.78 bits per heavy atom. The number of amides is 1. The van der Waals surface area contributed by atoms with Crippen LogP contribution in [0.15, 0.2) is 59.5 Å². The molecule has 3 N–H and O–H groups in total. The molecule has 1 saturated heterocycles. The van der Waals surface area contributed by atoms with Crippen LogP contribution in [0.2, 0.25) is 0 Å². The van der Waals surface area contributed by atoms with E-state index in [1.807, 2.05) is 18.6 Å². The van der Waals surface area contributed by atoms with Crippen molar-refractivity contribution in [2.75, 3.05) is 42.9 Å². The molecule has 0 saturated carbocycles. The van der Waals surface area contributed by atoms with Crippen molar-refractivity contribution >= 4 is 29.7 Å². The van der Waals surface area contributed by atoms with E-state index < -0.39 is 0 Å². The van der Waals surface area contributed by atoms with Crippen molar-refractivity contribution in [2.24, 2.45) is 4.99 Å². The fourth-order valence-electron chi connectivity index (χ4n) is 4.79.